The third-order valence-corrected chi connectivity index (χ3v) is 3.65. The molecule has 5 heteroatoms. The highest BCUT2D eigenvalue weighted by Crippen LogP contribution is 2.28. The van der Waals surface area contributed by atoms with Gasteiger partial charge in [0.2, 0.25) is 5.91 Å². The summed E-state index contributed by atoms with van der Waals surface area (Å²) in [4.78, 5) is 23.1. The summed E-state index contributed by atoms with van der Waals surface area (Å²) in [6, 6.07) is 5.33. The molecule has 1 aromatic carbocycles. The third kappa shape index (κ3) is 4.33. The average molecular weight is 307 g/mol. The van der Waals surface area contributed by atoms with Crippen LogP contribution in [0.25, 0.3) is 0 Å². The first kappa shape index (κ1) is 15.6. The number of allylic oxidation sites excluding steroid dienone is 2. The second-order valence-electron chi connectivity index (χ2n) is 5.37. The van der Waals surface area contributed by atoms with Crippen molar-refractivity contribution in [3.63, 3.8) is 0 Å². The number of benzene rings is 1. The number of rotatable bonds is 4. The van der Waals surface area contributed by atoms with E-state index < -0.39 is 0 Å². The van der Waals surface area contributed by atoms with Crippen LogP contribution < -0.4 is 10.6 Å². The van der Waals surface area contributed by atoms with Crippen molar-refractivity contribution in [3.05, 3.63) is 35.0 Å². The van der Waals surface area contributed by atoms with Gasteiger partial charge in [0, 0.05) is 30.3 Å². The average Bonchev–Trinajstić information content (AvgIpc) is 2.41. The molecule has 0 aliphatic heterocycles. The van der Waals surface area contributed by atoms with Crippen LogP contribution in [-0.4, -0.2) is 11.7 Å². The predicted molar refractivity (Wildman–Crippen MR) is 85.5 cm³/mol. The molecular formula is C16H19ClN2O2. The van der Waals surface area contributed by atoms with Gasteiger partial charge in [0.25, 0.3) is 0 Å². The Balaban J connectivity index is 2.15. The van der Waals surface area contributed by atoms with E-state index in [4.69, 9.17) is 11.6 Å². The van der Waals surface area contributed by atoms with Crippen molar-refractivity contribution in [1.29, 1.82) is 0 Å². The molecule has 1 atom stereocenters. The minimum absolute atomic E-state index is 0.0882. The lowest BCUT2D eigenvalue weighted by Gasteiger charge is -2.20. The zero-order valence-electron chi connectivity index (χ0n) is 12.2. The molecule has 0 heterocycles. The van der Waals surface area contributed by atoms with Crippen LogP contribution in [0, 0.1) is 5.92 Å². The summed E-state index contributed by atoms with van der Waals surface area (Å²) in [5, 5.41) is 6.48. The minimum atomic E-state index is -0.0882. The Bertz CT molecular complexity index is 596. The first-order chi connectivity index (χ1) is 9.97. The van der Waals surface area contributed by atoms with Crippen LogP contribution in [0.2, 0.25) is 5.02 Å². The molecule has 1 aliphatic rings. The van der Waals surface area contributed by atoms with Gasteiger partial charge in [-0.15, -0.1) is 0 Å². The molecule has 0 saturated carbocycles. The summed E-state index contributed by atoms with van der Waals surface area (Å²) in [6.07, 6.45) is 3.48. The number of ketones is 1. The predicted octanol–water partition coefficient (Wildman–Crippen LogP) is 3.98. The van der Waals surface area contributed by atoms with Gasteiger partial charge >= 0.3 is 0 Å². The number of hydrogen-bond donors (Lipinski definition) is 2. The number of hydrogen-bond acceptors (Lipinski definition) is 3. The maximum atomic E-state index is 11.6. The minimum Gasteiger partial charge on any atom is -0.359 e. The second kappa shape index (κ2) is 6.76. The number of carbonyl (C=O) groups is 2. The van der Waals surface area contributed by atoms with Gasteiger partial charge in [-0.05, 0) is 30.5 Å². The summed E-state index contributed by atoms with van der Waals surface area (Å²) in [6.45, 7) is 3.84. The topological polar surface area (TPSA) is 58.2 Å². The highest BCUT2D eigenvalue weighted by Gasteiger charge is 2.17. The van der Waals surface area contributed by atoms with Crippen LogP contribution in [0.1, 0.15) is 33.1 Å². The zero-order chi connectivity index (χ0) is 15.4. The molecule has 1 aliphatic carbocycles. The van der Waals surface area contributed by atoms with Crippen molar-refractivity contribution >= 4 is 34.7 Å². The van der Waals surface area contributed by atoms with Gasteiger partial charge < -0.3 is 10.6 Å². The van der Waals surface area contributed by atoms with Crippen LogP contribution in [-0.2, 0) is 9.59 Å². The van der Waals surface area contributed by atoms with E-state index in [2.05, 4.69) is 17.6 Å². The summed E-state index contributed by atoms with van der Waals surface area (Å²) in [5.74, 6) is 0.399. The van der Waals surface area contributed by atoms with E-state index in [1.807, 2.05) is 6.07 Å². The SMILES string of the molecule is CCC(=O)Nc1cc(NC2=CC(=O)CC(C)C2)ccc1Cl. The fraction of sp³-hybridized carbons (Fsp3) is 0.375. The van der Waals surface area contributed by atoms with Crippen LogP contribution in [0.15, 0.2) is 30.0 Å². The van der Waals surface area contributed by atoms with E-state index in [0.717, 1.165) is 17.8 Å². The summed E-state index contributed by atoms with van der Waals surface area (Å²) in [7, 11) is 0. The van der Waals surface area contributed by atoms with Gasteiger partial charge in [-0.25, -0.2) is 0 Å². The van der Waals surface area contributed by atoms with E-state index in [1.165, 1.54) is 0 Å². The highest BCUT2D eigenvalue weighted by molar-refractivity contribution is 6.33. The smallest absolute Gasteiger partial charge is 0.224 e. The number of carbonyl (C=O) groups excluding carboxylic acids is 2. The molecule has 0 radical (unpaired) electrons. The van der Waals surface area contributed by atoms with Gasteiger partial charge in [0.15, 0.2) is 5.78 Å². The van der Waals surface area contributed by atoms with E-state index in [1.54, 1.807) is 25.1 Å². The van der Waals surface area contributed by atoms with Gasteiger partial charge in [-0.1, -0.05) is 25.4 Å². The van der Waals surface area contributed by atoms with Crippen molar-refractivity contribution in [2.24, 2.45) is 5.92 Å². The molecule has 0 saturated heterocycles. The lowest BCUT2D eigenvalue weighted by atomic mass is 9.93. The summed E-state index contributed by atoms with van der Waals surface area (Å²) >= 11 is 6.08. The molecular weight excluding hydrogens is 288 g/mol. The molecule has 2 N–H and O–H groups in total. The molecule has 21 heavy (non-hydrogen) atoms. The zero-order valence-corrected chi connectivity index (χ0v) is 13.0. The van der Waals surface area contributed by atoms with E-state index >= 15 is 0 Å². The quantitative estimate of drug-likeness (QED) is 0.884. The number of anilines is 2. The van der Waals surface area contributed by atoms with Crippen molar-refractivity contribution in [1.82, 2.24) is 0 Å². The Labute approximate surface area is 129 Å². The van der Waals surface area contributed by atoms with Crippen LogP contribution in [0.3, 0.4) is 0 Å². The standard InChI is InChI=1S/C16H19ClN2O2/c1-3-16(21)19-15-9-11(4-5-14(15)17)18-12-6-10(2)7-13(20)8-12/h4-5,8-10,18H,3,6-7H2,1-2H3,(H,19,21). The van der Waals surface area contributed by atoms with Crippen molar-refractivity contribution in [2.45, 2.75) is 33.1 Å². The van der Waals surface area contributed by atoms with Gasteiger partial charge in [0.1, 0.15) is 0 Å². The lowest BCUT2D eigenvalue weighted by Crippen LogP contribution is -2.16. The molecule has 112 valence electrons. The van der Waals surface area contributed by atoms with Crippen molar-refractivity contribution < 1.29 is 9.59 Å². The summed E-state index contributed by atoms with van der Waals surface area (Å²) in [5.41, 5.74) is 2.28. The van der Waals surface area contributed by atoms with Crippen molar-refractivity contribution in [3.8, 4) is 0 Å². The maximum absolute atomic E-state index is 11.6. The van der Waals surface area contributed by atoms with E-state index in [0.29, 0.717) is 29.5 Å². The van der Waals surface area contributed by atoms with Crippen LogP contribution in [0.4, 0.5) is 11.4 Å². The maximum Gasteiger partial charge on any atom is 0.224 e. The Morgan fingerprint density at radius 1 is 1.38 bits per heavy atom. The Morgan fingerprint density at radius 3 is 2.81 bits per heavy atom. The Morgan fingerprint density at radius 2 is 2.14 bits per heavy atom. The number of halogens is 1. The monoisotopic (exact) mass is 306 g/mol. The van der Waals surface area contributed by atoms with Crippen molar-refractivity contribution in [2.75, 3.05) is 10.6 Å². The third-order valence-electron chi connectivity index (χ3n) is 3.32. The Kier molecular flexibility index (Phi) is 5.02. The van der Waals surface area contributed by atoms with Crippen LogP contribution in [0.5, 0.6) is 0 Å². The van der Waals surface area contributed by atoms with Gasteiger partial charge in [-0.3, -0.25) is 9.59 Å². The van der Waals surface area contributed by atoms with Crippen LogP contribution >= 0.6 is 11.6 Å². The number of amides is 1. The van der Waals surface area contributed by atoms with Gasteiger partial charge in [-0.2, -0.15) is 0 Å². The molecule has 0 aromatic heterocycles. The largest absolute Gasteiger partial charge is 0.359 e. The summed E-state index contributed by atoms with van der Waals surface area (Å²) < 4.78 is 0. The first-order valence-corrected chi connectivity index (χ1v) is 7.45. The lowest BCUT2D eigenvalue weighted by molar-refractivity contribution is -0.116. The first-order valence-electron chi connectivity index (χ1n) is 7.07. The van der Waals surface area contributed by atoms with Gasteiger partial charge in [0.05, 0.1) is 10.7 Å². The molecule has 1 unspecified atom stereocenters. The van der Waals surface area contributed by atoms with E-state index in [9.17, 15) is 9.59 Å². The molecule has 1 aromatic rings. The molecule has 0 fully saturated rings. The number of nitrogens with one attached hydrogen (secondary N) is 2. The fourth-order valence-electron chi connectivity index (χ4n) is 2.31. The highest BCUT2D eigenvalue weighted by atomic mass is 35.5. The molecule has 0 spiro atoms. The molecule has 4 nitrogen and oxygen atoms in total. The normalized spacial score (nSPS) is 18.1. The molecule has 1 amide bonds. The fourth-order valence-corrected chi connectivity index (χ4v) is 2.48. The van der Waals surface area contributed by atoms with E-state index in [-0.39, 0.29) is 11.7 Å². The molecule has 0 bridgehead atoms. The molecule has 2 rings (SSSR count). The second-order valence-corrected chi connectivity index (χ2v) is 5.78. The Hall–Kier alpha value is -1.81.